The first kappa shape index (κ1) is 14.4. The number of nitrogens with one attached hydrogen (secondary N) is 1. The maximum atomic E-state index is 3.74. The van der Waals surface area contributed by atoms with Gasteiger partial charge in [0.05, 0.1) is 5.69 Å². The van der Waals surface area contributed by atoms with Crippen LogP contribution in [0.1, 0.15) is 18.4 Å². The van der Waals surface area contributed by atoms with Crippen LogP contribution in [0.5, 0.6) is 0 Å². The zero-order chi connectivity index (χ0) is 13.9. The third-order valence-electron chi connectivity index (χ3n) is 4.32. The Morgan fingerprint density at radius 3 is 2.55 bits per heavy atom. The van der Waals surface area contributed by atoms with E-state index in [9.17, 15) is 0 Å². The van der Waals surface area contributed by atoms with Crippen LogP contribution in [0.4, 0.5) is 5.69 Å². The maximum absolute atomic E-state index is 3.74. The fourth-order valence-electron chi connectivity index (χ4n) is 2.96. The van der Waals surface area contributed by atoms with Gasteiger partial charge in [0.25, 0.3) is 0 Å². The Kier molecular flexibility index (Phi) is 4.64. The Bertz CT molecular complexity index is 451. The zero-order valence-electron chi connectivity index (χ0n) is 12.2. The minimum atomic E-state index is 0.925. The van der Waals surface area contributed by atoms with Crippen molar-refractivity contribution in [3.63, 3.8) is 0 Å². The summed E-state index contributed by atoms with van der Waals surface area (Å²) in [5, 5.41) is 3.20. The van der Waals surface area contributed by atoms with Crippen LogP contribution in [0.15, 0.2) is 22.7 Å². The molecule has 2 aliphatic rings. The second-order valence-electron chi connectivity index (χ2n) is 6.05. The number of anilines is 1. The summed E-state index contributed by atoms with van der Waals surface area (Å²) in [5.74, 6) is 1.01. The van der Waals surface area contributed by atoms with E-state index in [4.69, 9.17) is 0 Å². The predicted octanol–water partition coefficient (Wildman–Crippen LogP) is 2.70. The molecule has 0 bridgehead atoms. The van der Waals surface area contributed by atoms with Crippen LogP contribution in [-0.2, 0) is 6.54 Å². The van der Waals surface area contributed by atoms with Crippen LogP contribution in [0, 0.1) is 5.92 Å². The summed E-state index contributed by atoms with van der Waals surface area (Å²) in [6, 6.07) is 6.73. The number of piperazine rings is 1. The van der Waals surface area contributed by atoms with E-state index in [0.717, 1.165) is 25.6 Å². The molecular formula is C16H24BrN3. The number of halogens is 1. The summed E-state index contributed by atoms with van der Waals surface area (Å²) in [4.78, 5) is 5.15. The molecule has 1 aliphatic carbocycles. The second-order valence-corrected chi connectivity index (χ2v) is 6.90. The van der Waals surface area contributed by atoms with Crippen LogP contribution in [0.2, 0.25) is 0 Å². The van der Waals surface area contributed by atoms with Crippen LogP contribution >= 0.6 is 15.9 Å². The van der Waals surface area contributed by atoms with Crippen molar-refractivity contribution in [1.29, 1.82) is 0 Å². The highest BCUT2D eigenvalue weighted by molar-refractivity contribution is 9.10. The summed E-state index contributed by atoms with van der Waals surface area (Å²) in [6.45, 7) is 6.97. The molecule has 0 aromatic heterocycles. The molecule has 3 rings (SSSR count). The van der Waals surface area contributed by atoms with Gasteiger partial charge in [-0.1, -0.05) is 6.07 Å². The van der Waals surface area contributed by atoms with Crippen LogP contribution < -0.4 is 10.2 Å². The highest BCUT2D eigenvalue weighted by Crippen LogP contribution is 2.31. The van der Waals surface area contributed by atoms with Gasteiger partial charge in [0, 0.05) is 43.7 Å². The zero-order valence-corrected chi connectivity index (χ0v) is 13.8. The van der Waals surface area contributed by atoms with Crippen molar-refractivity contribution in [2.75, 3.05) is 44.7 Å². The van der Waals surface area contributed by atoms with Gasteiger partial charge in [-0.3, -0.25) is 4.90 Å². The van der Waals surface area contributed by atoms with E-state index in [0.29, 0.717) is 0 Å². The summed E-state index contributed by atoms with van der Waals surface area (Å²) < 4.78 is 1.22. The molecule has 0 radical (unpaired) electrons. The number of rotatable bonds is 5. The first-order valence-electron chi connectivity index (χ1n) is 7.66. The van der Waals surface area contributed by atoms with E-state index in [-0.39, 0.29) is 0 Å². The molecule has 1 aliphatic heterocycles. The van der Waals surface area contributed by atoms with Gasteiger partial charge in [-0.25, -0.2) is 0 Å². The quantitative estimate of drug-likeness (QED) is 0.891. The van der Waals surface area contributed by atoms with Crippen molar-refractivity contribution in [1.82, 2.24) is 10.2 Å². The first-order valence-corrected chi connectivity index (χ1v) is 8.46. The van der Waals surface area contributed by atoms with E-state index in [2.05, 4.69) is 49.2 Å². The molecule has 0 spiro atoms. The van der Waals surface area contributed by atoms with Gasteiger partial charge in [0.15, 0.2) is 0 Å². The lowest BCUT2D eigenvalue weighted by atomic mass is 10.1. The van der Waals surface area contributed by atoms with Gasteiger partial charge in [-0.15, -0.1) is 0 Å². The Hall–Kier alpha value is -0.580. The summed E-state index contributed by atoms with van der Waals surface area (Å²) in [5.41, 5.74) is 2.67. The average molecular weight is 338 g/mol. The largest absolute Gasteiger partial charge is 0.368 e. The number of hydrogen-bond donors (Lipinski definition) is 1. The Labute approximate surface area is 130 Å². The molecule has 1 heterocycles. The Morgan fingerprint density at radius 2 is 1.95 bits per heavy atom. The molecule has 1 aromatic rings. The molecule has 20 heavy (non-hydrogen) atoms. The molecule has 3 nitrogen and oxygen atoms in total. The third kappa shape index (κ3) is 3.54. The van der Waals surface area contributed by atoms with Crippen LogP contribution in [0.25, 0.3) is 0 Å². The fraction of sp³-hybridized carbons (Fsp3) is 0.625. The van der Waals surface area contributed by atoms with Gasteiger partial charge in [0.1, 0.15) is 0 Å². The second kappa shape index (κ2) is 6.46. The molecule has 1 N–H and O–H groups in total. The van der Waals surface area contributed by atoms with Crippen molar-refractivity contribution in [3.05, 3.63) is 28.2 Å². The summed E-state index contributed by atoms with van der Waals surface area (Å²) >= 11 is 3.74. The van der Waals surface area contributed by atoms with Crippen molar-refractivity contribution in [3.8, 4) is 0 Å². The Morgan fingerprint density at radius 1 is 1.20 bits per heavy atom. The highest BCUT2D eigenvalue weighted by Gasteiger charge is 2.26. The fourth-order valence-corrected chi connectivity index (χ4v) is 3.63. The van der Waals surface area contributed by atoms with E-state index in [1.165, 1.54) is 48.2 Å². The normalized spacial score (nSPS) is 20.4. The van der Waals surface area contributed by atoms with Crippen molar-refractivity contribution >= 4 is 21.6 Å². The van der Waals surface area contributed by atoms with E-state index >= 15 is 0 Å². The average Bonchev–Trinajstić information content (AvgIpc) is 3.25. The van der Waals surface area contributed by atoms with Crippen molar-refractivity contribution in [2.24, 2.45) is 5.92 Å². The van der Waals surface area contributed by atoms with E-state index in [1.807, 2.05) is 7.05 Å². The molecule has 2 fully saturated rings. The molecular weight excluding hydrogens is 314 g/mol. The van der Waals surface area contributed by atoms with Crippen molar-refractivity contribution in [2.45, 2.75) is 19.4 Å². The number of nitrogens with zero attached hydrogens (tertiary/aromatic N) is 2. The standard InChI is InChI=1S/C16H24BrN3/c1-18-11-14-4-5-16(15(17)10-14)20-8-6-19(7-9-20)12-13-2-3-13/h4-5,10,13,18H,2-3,6-9,11-12H2,1H3. The minimum Gasteiger partial charge on any atom is -0.368 e. The van der Waals surface area contributed by atoms with Gasteiger partial charge < -0.3 is 10.2 Å². The SMILES string of the molecule is CNCc1ccc(N2CCN(CC3CC3)CC2)c(Br)c1. The molecule has 1 aromatic carbocycles. The third-order valence-corrected chi connectivity index (χ3v) is 4.95. The lowest BCUT2D eigenvalue weighted by molar-refractivity contribution is 0.248. The number of hydrogen-bond acceptors (Lipinski definition) is 3. The monoisotopic (exact) mass is 337 g/mol. The first-order chi connectivity index (χ1) is 9.76. The molecule has 110 valence electrons. The van der Waals surface area contributed by atoms with E-state index in [1.54, 1.807) is 0 Å². The predicted molar refractivity (Wildman–Crippen MR) is 88.3 cm³/mol. The van der Waals surface area contributed by atoms with Gasteiger partial charge in [-0.2, -0.15) is 0 Å². The highest BCUT2D eigenvalue weighted by atomic mass is 79.9. The van der Waals surface area contributed by atoms with Crippen molar-refractivity contribution < 1.29 is 0 Å². The number of benzene rings is 1. The van der Waals surface area contributed by atoms with Crippen LogP contribution in [0.3, 0.4) is 0 Å². The summed E-state index contributed by atoms with van der Waals surface area (Å²) in [7, 11) is 1.99. The molecule has 0 amide bonds. The van der Waals surface area contributed by atoms with Crippen LogP contribution in [-0.4, -0.2) is 44.7 Å². The molecule has 1 saturated carbocycles. The maximum Gasteiger partial charge on any atom is 0.0511 e. The van der Waals surface area contributed by atoms with Gasteiger partial charge >= 0.3 is 0 Å². The smallest absolute Gasteiger partial charge is 0.0511 e. The lowest BCUT2D eigenvalue weighted by Crippen LogP contribution is -2.47. The topological polar surface area (TPSA) is 18.5 Å². The molecule has 4 heteroatoms. The molecule has 0 atom stereocenters. The summed E-state index contributed by atoms with van der Waals surface area (Å²) in [6.07, 6.45) is 2.91. The molecule has 0 unspecified atom stereocenters. The lowest BCUT2D eigenvalue weighted by Gasteiger charge is -2.36. The van der Waals surface area contributed by atoms with Gasteiger partial charge in [-0.05, 0) is 59.4 Å². The molecule has 1 saturated heterocycles. The Balaban J connectivity index is 1.59. The minimum absolute atomic E-state index is 0.925. The van der Waals surface area contributed by atoms with Gasteiger partial charge in [0.2, 0.25) is 0 Å². The van der Waals surface area contributed by atoms with E-state index < -0.39 is 0 Å².